The van der Waals surface area contributed by atoms with Gasteiger partial charge in [0.1, 0.15) is 0 Å². The second-order valence-electron chi connectivity index (χ2n) is 7.77. The smallest absolute Gasteiger partial charge is 0.369 e. The highest BCUT2D eigenvalue weighted by Crippen LogP contribution is 2.38. The molecule has 1 saturated carbocycles. The zero-order valence-corrected chi connectivity index (χ0v) is 16.8. The van der Waals surface area contributed by atoms with Crippen LogP contribution in [0.4, 0.5) is 18.9 Å². The molecule has 0 saturated heterocycles. The van der Waals surface area contributed by atoms with Gasteiger partial charge in [-0.1, -0.05) is 12.1 Å². The molecule has 0 aromatic heterocycles. The van der Waals surface area contributed by atoms with Gasteiger partial charge in [0.15, 0.2) is 0 Å². The van der Waals surface area contributed by atoms with Crippen molar-refractivity contribution < 1.29 is 22.8 Å². The Kier molecular flexibility index (Phi) is 5.21. The largest absolute Gasteiger partial charge is 0.417 e. The van der Waals surface area contributed by atoms with E-state index in [1.54, 1.807) is 30.3 Å². The minimum atomic E-state index is -4.63. The second-order valence-corrected chi connectivity index (χ2v) is 7.77. The number of nitrogens with zero attached hydrogens (tertiary/aromatic N) is 3. The summed E-state index contributed by atoms with van der Waals surface area (Å²) < 4.78 is 40.2. The van der Waals surface area contributed by atoms with Crippen LogP contribution in [0.3, 0.4) is 0 Å². The van der Waals surface area contributed by atoms with E-state index in [4.69, 9.17) is 5.26 Å². The van der Waals surface area contributed by atoms with Crippen LogP contribution < -0.4 is 4.90 Å². The highest BCUT2D eigenvalue weighted by atomic mass is 19.4. The third-order valence-electron chi connectivity index (χ3n) is 6.11. The number of carbonyl (C=O) groups excluding carboxylic acids is 2. The summed E-state index contributed by atoms with van der Waals surface area (Å²) in [6.07, 6.45) is -2.90. The van der Waals surface area contributed by atoms with Gasteiger partial charge < -0.3 is 4.90 Å². The summed E-state index contributed by atoms with van der Waals surface area (Å²) in [6.45, 7) is 2.31. The van der Waals surface area contributed by atoms with Gasteiger partial charge in [-0.25, -0.2) is 0 Å². The fraction of sp³-hybridized carbons (Fsp3) is 0.348. The number of imide groups is 1. The molecule has 0 spiro atoms. The SMILES string of the molecule is CCN(c1ccc(C#N)c(C(F)(F)F)c1)C1CCC(N2C(=O)c3ccccc3C2=O)C1. The number of alkyl halides is 3. The molecule has 2 aromatic carbocycles. The normalized spacial score (nSPS) is 20.7. The summed E-state index contributed by atoms with van der Waals surface area (Å²) in [5.41, 5.74) is -0.208. The van der Waals surface area contributed by atoms with Crippen molar-refractivity contribution in [1.29, 1.82) is 5.26 Å². The molecule has 160 valence electrons. The molecule has 31 heavy (non-hydrogen) atoms. The highest BCUT2D eigenvalue weighted by molar-refractivity contribution is 6.21. The Labute approximate surface area is 177 Å². The summed E-state index contributed by atoms with van der Waals surface area (Å²) in [7, 11) is 0. The van der Waals surface area contributed by atoms with Gasteiger partial charge in [-0.15, -0.1) is 0 Å². The molecule has 2 amide bonds. The number of fused-ring (bicyclic) bond motifs is 1. The molecule has 5 nitrogen and oxygen atoms in total. The van der Waals surface area contributed by atoms with Crippen LogP contribution in [0.2, 0.25) is 0 Å². The Morgan fingerprint density at radius 2 is 1.74 bits per heavy atom. The predicted molar refractivity (Wildman–Crippen MR) is 108 cm³/mol. The van der Waals surface area contributed by atoms with Gasteiger partial charge in [0, 0.05) is 24.3 Å². The van der Waals surface area contributed by atoms with E-state index >= 15 is 0 Å². The van der Waals surface area contributed by atoms with Gasteiger partial charge in [-0.2, -0.15) is 18.4 Å². The van der Waals surface area contributed by atoms with Crippen LogP contribution in [-0.4, -0.2) is 35.3 Å². The number of hydrogen-bond acceptors (Lipinski definition) is 4. The maximum absolute atomic E-state index is 13.4. The van der Waals surface area contributed by atoms with E-state index in [9.17, 15) is 22.8 Å². The zero-order chi connectivity index (χ0) is 22.3. The van der Waals surface area contributed by atoms with Gasteiger partial charge in [-0.05, 0) is 56.5 Å². The molecule has 4 rings (SSSR count). The number of hydrogen-bond donors (Lipinski definition) is 0. The Balaban J connectivity index is 1.57. The zero-order valence-electron chi connectivity index (χ0n) is 16.8. The van der Waals surface area contributed by atoms with E-state index in [0.717, 1.165) is 6.07 Å². The van der Waals surface area contributed by atoms with Crippen LogP contribution in [0.1, 0.15) is 58.0 Å². The molecule has 1 aliphatic carbocycles. The third-order valence-corrected chi connectivity index (χ3v) is 6.11. The van der Waals surface area contributed by atoms with E-state index in [1.165, 1.54) is 17.0 Å². The molecule has 1 heterocycles. The first kappa shape index (κ1) is 20.9. The van der Waals surface area contributed by atoms with Crippen LogP contribution in [0.25, 0.3) is 0 Å². The molecule has 2 atom stereocenters. The van der Waals surface area contributed by atoms with Crippen LogP contribution >= 0.6 is 0 Å². The number of anilines is 1. The quantitative estimate of drug-likeness (QED) is 0.668. The minimum absolute atomic E-state index is 0.117. The van der Waals surface area contributed by atoms with Crippen LogP contribution in [0.15, 0.2) is 42.5 Å². The minimum Gasteiger partial charge on any atom is -0.369 e. The molecule has 0 bridgehead atoms. The number of carbonyl (C=O) groups is 2. The third kappa shape index (κ3) is 3.54. The average Bonchev–Trinajstić information content (AvgIpc) is 3.31. The van der Waals surface area contributed by atoms with Crippen molar-refractivity contribution in [2.75, 3.05) is 11.4 Å². The Hall–Kier alpha value is -3.34. The Morgan fingerprint density at radius 3 is 2.29 bits per heavy atom. The fourth-order valence-electron chi connectivity index (χ4n) is 4.69. The second kappa shape index (κ2) is 7.73. The number of nitriles is 1. The molecule has 2 unspecified atom stereocenters. The standard InChI is InChI=1S/C23H20F3N3O2/c1-2-28(16-8-7-14(13-27)20(12-16)23(24,25)26)15-9-10-17(11-15)29-21(30)18-5-3-4-6-19(18)22(29)31/h3-8,12,15,17H,2,9-11H2,1H3. The lowest BCUT2D eigenvalue weighted by molar-refractivity contribution is -0.137. The molecule has 0 N–H and O–H groups in total. The molecule has 1 fully saturated rings. The fourth-order valence-corrected chi connectivity index (χ4v) is 4.69. The molecule has 2 aromatic rings. The topological polar surface area (TPSA) is 64.4 Å². The maximum Gasteiger partial charge on any atom is 0.417 e. The number of benzene rings is 2. The average molecular weight is 427 g/mol. The summed E-state index contributed by atoms with van der Waals surface area (Å²) in [6, 6.07) is 11.6. The Bertz CT molecular complexity index is 1060. The summed E-state index contributed by atoms with van der Waals surface area (Å²) >= 11 is 0. The van der Waals surface area contributed by atoms with Crippen molar-refractivity contribution in [3.05, 3.63) is 64.7 Å². The number of rotatable bonds is 4. The van der Waals surface area contributed by atoms with E-state index in [0.29, 0.717) is 42.6 Å². The summed E-state index contributed by atoms with van der Waals surface area (Å²) in [5.74, 6) is -0.626. The summed E-state index contributed by atoms with van der Waals surface area (Å²) in [5, 5.41) is 9.03. The number of amides is 2. The first-order valence-electron chi connectivity index (χ1n) is 10.1. The molecular weight excluding hydrogens is 407 g/mol. The highest BCUT2D eigenvalue weighted by Gasteiger charge is 2.43. The van der Waals surface area contributed by atoms with Gasteiger partial charge in [-0.3, -0.25) is 14.5 Å². The van der Waals surface area contributed by atoms with E-state index in [-0.39, 0.29) is 23.9 Å². The van der Waals surface area contributed by atoms with Crippen molar-refractivity contribution in [3.63, 3.8) is 0 Å². The molecule has 1 aliphatic heterocycles. The summed E-state index contributed by atoms with van der Waals surface area (Å²) in [4.78, 5) is 28.7. The van der Waals surface area contributed by atoms with E-state index in [2.05, 4.69) is 0 Å². The number of halogens is 3. The maximum atomic E-state index is 13.4. The first-order valence-corrected chi connectivity index (χ1v) is 10.1. The molecule has 0 radical (unpaired) electrons. The van der Waals surface area contributed by atoms with Crippen LogP contribution in [-0.2, 0) is 6.18 Å². The van der Waals surface area contributed by atoms with Gasteiger partial charge in [0.2, 0.25) is 0 Å². The van der Waals surface area contributed by atoms with Crippen molar-refractivity contribution >= 4 is 17.5 Å². The monoisotopic (exact) mass is 427 g/mol. The van der Waals surface area contributed by atoms with Gasteiger partial charge >= 0.3 is 6.18 Å². The van der Waals surface area contributed by atoms with Crippen molar-refractivity contribution in [2.24, 2.45) is 0 Å². The van der Waals surface area contributed by atoms with Crippen molar-refractivity contribution in [1.82, 2.24) is 4.90 Å². The Morgan fingerprint density at radius 1 is 1.10 bits per heavy atom. The van der Waals surface area contributed by atoms with E-state index < -0.39 is 17.3 Å². The molecule has 2 aliphatic rings. The molecule has 8 heteroatoms. The van der Waals surface area contributed by atoms with Gasteiger partial charge in [0.05, 0.1) is 28.3 Å². The van der Waals surface area contributed by atoms with Crippen LogP contribution in [0, 0.1) is 11.3 Å². The van der Waals surface area contributed by atoms with Gasteiger partial charge in [0.25, 0.3) is 11.8 Å². The molecular formula is C23H20F3N3O2. The lowest BCUT2D eigenvalue weighted by Crippen LogP contribution is -2.40. The van der Waals surface area contributed by atoms with E-state index in [1.807, 2.05) is 11.8 Å². The van der Waals surface area contributed by atoms with Crippen LogP contribution in [0.5, 0.6) is 0 Å². The van der Waals surface area contributed by atoms with Crippen molar-refractivity contribution in [3.8, 4) is 6.07 Å². The first-order chi connectivity index (χ1) is 14.8. The van der Waals surface area contributed by atoms with Crippen molar-refractivity contribution in [2.45, 2.75) is 44.4 Å². The lowest BCUT2D eigenvalue weighted by Gasteiger charge is -2.31. The predicted octanol–water partition coefficient (Wildman–Crippen LogP) is 4.62. The lowest BCUT2D eigenvalue weighted by atomic mass is 10.0.